The summed E-state index contributed by atoms with van der Waals surface area (Å²) in [4.78, 5) is 27.3. The van der Waals surface area contributed by atoms with E-state index in [0.717, 1.165) is 6.07 Å². The van der Waals surface area contributed by atoms with E-state index in [1.54, 1.807) is 24.3 Å². The largest absolute Gasteiger partial charge is 0.507 e. The zero-order valence-corrected chi connectivity index (χ0v) is 18.4. The molecule has 0 aromatic heterocycles. The SMILES string of the molecule is COCCN1C(=O)C(=O)/C(=C(/O)c2cc(F)ccc2OC)C1c1ccccc1OC(C)C. The molecule has 7 nitrogen and oxygen atoms in total. The number of methoxy groups -OCH3 is 2. The van der Waals surface area contributed by atoms with E-state index in [1.807, 2.05) is 13.8 Å². The average Bonchev–Trinajstić information content (AvgIpc) is 3.01. The monoisotopic (exact) mass is 443 g/mol. The molecule has 0 saturated carbocycles. The lowest BCUT2D eigenvalue weighted by Crippen LogP contribution is -2.33. The predicted octanol–water partition coefficient (Wildman–Crippen LogP) is 3.69. The number of hydrogen-bond acceptors (Lipinski definition) is 6. The Morgan fingerprint density at radius 3 is 2.50 bits per heavy atom. The fourth-order valence-electron chi connectivity index (χ4n) is 3.70. The zero-order valence-electron chi connectivity index (χ0n) is 18.4. The van der Waals surface area contributed by atoms with Gasteiger partial charge in [-0.1, -0.05) is 18.2 Å². The van der Waals surface area contributed by atoms with E-state index in [4.69, 9.17) is 14.2 Å². The second kappa shape index (κ2) is 9.82. The highest BCUT2D eigenvalue weighted by atomic mass is 19.1. The van der Waals surface area contributed by atoms with Crippen molar-refractivity contribution in [2.45, 2.75) is 26.0 Å². The van der Waals surface area contributed by atoms with Gasteiger partial charge in [0.2, 0.25) is 0 Å². The zero-order chi connectivity index (χ0) is 23.4. The fourth-order valence-corrected chi connectivity index (χ4v) is 3.70. The summed E-state index contributed by atoms with van der Waals surface area (Å²) in [5.41, 5.74) is 0.327. The van der Waals surface area contributed by atoms with Crippen molar-refractivity contribution in [1.29, 1.82) is 0 Å². The van der Waals surface area contributed by atoms with Gasteiger partial charge in [-0.05, 0) is 38.1 Å². The van der Waals surface area contributed by atoms with Gasteiger partial charge in [0.15, 0.2) is 0 Å². The summed E-state index contributed by atoms with van der Waals surface area (Å²) in [7, 11) is 2.85. The molecule has 1 saturated heterocycles. The highest BCUT2D eigenvalue weighted by molar-refractivity contribution is 6.46. The predicted molar refractivity (Wildman–Crippen MR) is 116 cm³/mol. The molecule has 170 valence electrons. The molecule has 0 aliphatic carbocycles. The van der Waals surface area contributed by atoms with Crippen molar-refractivity contribution in [1.82, 2.24) is 4.90 Å². The number of para-hydroxylation sites is 1. The summed E-state index contributed by atoms with van der Waals surface area (Å²) in [6, 6.07) is 9.61. The molecule has 1 N–H and O–H groups in total. The third-order valence-corrected chi connectivity index (χ3v) is 5.07. The van der Waals surface area contributed by atoms with Crippen molar-refractivity contribution in [2.75, 3.05) is 27.4 Å². The first kappa shape index (κ1) is 23.3. The minimum absolute atomic E-state index is 0.0236. The van der Waals surface area contributed by atoms with Crippen molar-refractivity contribution in [3.8, 4) is 11.5 Å². The number of hydrogen-bond donors (Lipinski definition) is 1. The number of aliphatic hydroxyl groups excluding tert-OH is 1. The van der Waals surface area contributed by atoms with Crippen molar-refractivity contribution in [3.63, 3.8) is 0 Å². The van der Waals surface area contributed by atoms with Gasteiger partial charge in [-0.15, -0.1) is 0 Å². The van der Waals surface area contributed by atoms with Crippen LogP contribution in [0.25, 0.3) is 5.76 Å². The maximum Gasteiger partial charge on any atom is 0.295 e. The Morgan fingerprint density at radius 2 is 1.84 bits per heavy atom. The Labute approximate surface area is 186 Å². The van der Waals surface area contributed by atoms with Gasteiger partial charge in [-0.2, -0.15) is 0 Å². The Bertz CT molecular complexity index is 1050. The Balaban J connectivity index is 2.26. The molecule has 0 bridgehead atoms. The summed E-state index contributed by atoms with van der Waals surface area (Å²) < 4.78 is 30.2. The van der Waals surface area contributed by atoms with Crippen LogP contribution in [0.3, 0.4) is 0 Å². The van der Waals surface area contributed by atoms with Crippen LogP contribution in [-0.2, 0) is 14.3 Å². The number of aliphatic hydroxyl groups is 1. The molecular formula is C24H26FNO6. The third-order valence-electron chi connectivity index (χ3n) is 5.07. The Morgan fingerprint density at radius 1 is 1.12 bits per heavy atom. The van der Waals surface area contributed by atoms with Gasteiger partial charge in [0.1, 0.15) is 23.1 Å². The molecule has 1 unspecified atom stereocenters. The minimum Gasteiger partial charge on any atom is -0.507 e. The number of Topliss-reactive ketones (excluding diaryl/α,β-unsaturated/α-hetero) is 1. The van der Waals surface area contributed by atoms with E-state index in [-0.39, 0.29) is 36.1 Å². The van der Waals surface area contributed by atoms with Gasteiger partial charge in [0, 0.05) is 19.2 Å². The maximum absolute atomic E-state index is 14.0. The number of likely N-dealkylation sites (tertiary alicyclic amines) is 1. The van der Waals surface area contributed by atoms with Crippen LogP contribution in [-0.4, -0.2) is 55.2 Å². The average molecular weight is 443 g/mol. The number of carbonyl (C=O) groups excluding carboxylic acids is 2. The molecule has 1 aliphatic heterocycles. The van der Waals surface area contributed by atoms with Crippen LogP contribution in [0.15, 0.2) is 48.0 Å². The summed E-state index contributed by atoms with van der Waals surface area (Å²) >= 11 is 0. The summed E-state index contributed by atoms with van der Waals surface area (Å²) in [5, 5.41) is 11.2. The number of carbonyl (C=O) groups is 2. The first-order chi connectivity index (χ1) is 15.3. The molecule has 1 heterocycles. The van der Waals surface area contributed by atoms with Gasteiger partial charge in [-0.3, -0.25) is 9.59 Å². The van der Waals surface area contributed by atoms with Crippen molar-refractivity contribution >= 4 is 17.4 Å². The first-order valence-electron chi connectivity index (χ1n) is 10.2. The lowest BCUT2D eigenvalue weighted by Gasteiger charge is -2.27. The van der Waals surface area contributed by atoms with Crippen LogP contribution in [0.5, 0.6) is 11.5 Å². The van der Waals surface area contributed by atoms with E-state index in [0.29, 0.717) is 11.3 Å². The molecule has 3 rings (SSSR count). The Hall–Kier alpha value is -3.39. The standard InChI is InChI=1S/C24H26FNO6/c1-14(2)32-19-8-6-5-7-16(19)21-20(23(28)24(29)26(21)11-12-30-3)22(27)17-13-15(25)9-10-18(17)31-4/h5-10,13-14,21,27H,11-12H2,1-4H3/b22-20+. The van der Waals surface area contributed by atoms with Crippen LogP contribution in [0.2, 0.25) is 0 Å². The second-order valence-corrected chi connectivity index (χ2v) is 7.53. The highest BCUT2D eigenvalue weighted by Gasteiger charge is 2.47. The van der Waals surface area contributed by atoms with E-state index in [1.165, 1.54) is 31.3 Å². The lowest BCUT2D eigenvalue weighted by atomic mass is 9.94. The number of nitrogens with zero attached hydrogens (tertiary/aromatic N) is 1. The van der Waals surface area contributed by atoms with Gasteiger partial charge in [0.25, 0.3) is 11.7 Å². The van der Waals surface area contributed by atoms with Crippen LogP contribution < -0.4 is 9.47 Å². The number of halogens is 1. The number of ketones is 1. The van der Waals surface area contributed by atoms with Crippen LogP contribution >= 0.6 is 0 Å². The summed E-state index contributed by atoms with van der Waals surface area (Å²) in [6.07, 6.45) is -0.166. The fraction of sp³-hybridized carbons (Fsp3) is 0.333. The van der Waals surface area contributed by atoms with Crippen LogP contribution in [0.1, 0.15) is 31.0 Å². The maximum atomic E-state index is 14.0. The van der Waals surface area contributed by atoms with Crippen LogP contribution in [0.4, 0.5) is 4.39 Å². The molecule has 0 spiro atoms. The highest BCUT2D eigenvalue weighted by Crippen LogP contribution is 2.43. The van der Waals surface area contributed by atoms with Gasteiger partial charge in [-0.25, -0.2) is 4.39 Å². The molecule has 2 aromatic rings. The molecule has 2 aromatic carbocycles. The van der Waals surface area contributed by atoms with E-state index >= 15 is 0 Å². The quantitative estimate of drug-likeness (QED) is 0.381. The molecule has 1 aliphatic rings. The number of rotatable bonds is 8. The summed E-state index contributed by atoms with van der Waals surface area (Å²) in [6.45, 7) is 4.01. The number of benzene rings is 2. The molecule has 8 heteroatoms. The Kier molecular flexibility index (Phi) is 7.15. The topological polar surface area (TPSA) is 85.3 Å². The van der Waals surface area contributed by atoms with Crippen molar-refractivity contribution < 1.29 is 33.3 Å². The molecule has 32 heavy (non-hydrogen) atoms. The normalized spacial score (nSPS) is 17.8. The third kappa shape index (κ3) is 4.45. The number of ether oxygens (including phenoxy) is 3. The first-order valence-corrected chi connectivity index (χ1v) is 10.2. The van der Waals surface area contributed by atoms with Gasteiger partial charge >= 0.3 is 0 Å². The van der Waals surface area contributed by atoms with Gasteiger partial charge < -0.3 is 24.2 Å². The molecule has 0 radical (unpaired) electrons. The second-order valence-electron chi connectivity index (χ2n) is 7.53. The molecule has 1 fully saturated rings. The number of amides is 1. The van der Waals surface area contributed by atoms with E-state index < -0.39 is 29.3 Å². The van der Waals surface area contributed by atoms with E-state index in [9.17, 15) is 19.1 Å². The van der Waals surface area contributed by atoms with E-state index in [2.05, 4.69) is 0 Å². The molecule has 1 atom stereocenters. The molecule has 1 amide bonds. The lowest BCUT2D eigenvalue weighted by molar-refractivity contribution is -0.140. The summed E-state index contributed by atoms with van der Waals surface area (Å²) in [5.74, 6) is -2.19. The van der Waals surface area contributed by atoms with Crippen molar-refractivity contribution in [3.05, 3.63) is 65.0 Å². The van der Waals surface area contributed by atoms with Crippen molar-refractivity contribution in [2.24, 2.45) is 0 Å². The minimum atomic E-state index is -0.951. The smallest absolute Gasteiger partial charge is 0.295 e. The molecular weight excluding hydrogens is 417 g/mol. The van der Waals surface area contributed by atoms with Gasteiger partial charge in [0.05, 0.1) is 37.0 Å². The van der Waals surface area contributed by atoms with Crippen LogP contribution in [0, 0.1) is 5.82 Å².